The van der Waals surface area contributed by atoms with Crippen molar-refractivity contribution >= 4 is 29.0 Å². The van der Waals surface area contributed by atoms with Gasteiger partial charge in [-0.25, -0.2) is 9.97 Å². The number of piperazine rings is 1. The van der Waals surface area contributed by atoms with Gasteiger partial charge in [0.05, 0.1) is 12.8 Å². The zero-order chi connectivity index (χ0) is 24.5. The van der Waals surface area contributed by atoms with E-state index in [1.807, 2.05) is 47.4 Å². The number of anilines is 1. The normalized spacial score (nSPS) is 15.1. The van der Waals surface area contributed by atoms with E-state index in [-0.39, 0.29) is 12.7 Å². The average molecular weight is 486 g/mol. The summed E-state index contributed by atoms with van der Waals surface area (Å²) >= 11 is 0. The molecule has 0 unspecified atom stereocenters. The molecule has 11 nitrogen and oxygen atoms in total. The predicted octanol–water partition coefficient (Wildman–Crippen LogP) is 2.31. The van der Waals surface area contributed by atoms with Crippen molar-refractivity contribution in [1.29, 1.82) is 0 Å². The monoisotopic (exact) mass is 485 g/mol. The maximum atomic E-state index is 12.8. The summed E-state index contributed by atoms with van der Waals surface area (Å²) in [4.78, 5) is 25.6. The number of benzene rings is 2. The lowest BCUT2D eigenvalue weighted by molar-refractivity contribution is -0.126. The minimum Gasteiger partial charge on any atom is -0.497 e. The van der Waals surface area contributed by atoms with Gasteiger partial charge in [-0.3, -0.25) is 4.79 Å². The number of rotatable bonds is 5. The van der Waals surface area contributed by atoms with Gasteiger partial charge in [0.25, 0.3) is 0 Å². The molecule has 2 aliphatic rings. The molecule has 0 aliphatic carbocycles. The first-order valence-corrected chi connectivity index (χ1v) is 11.5. The van der Waals surface area contributed by atoms with Crippen LogP contribution >= 0.6 is 0 Å². The summed E-state index contributed by atoms with van der Waals surface area (Å²) in [5.41, 5.74) is 2.90. The molecule has 1 saturated heterocycles. The number of hydrogen-bond acceptors (Lipinski definition) is 9. The van der Waals surface area contributed by atoms with Crippen LogP contribution in [0, 0.1) is 0 Å². The molecular formula is C25H23N7O4. The van der Waals surface area contributed by atoms with Crippen molar-refractivity contribution in [3.8, 4) is 22.9 Å². The van der Waals surface area contributed by atoms with Gasteiger partial charge in [-0.1, -0.05) is 17.3 Å². The van der Waals surface area contributed by atoms with Crippen LogP contribution in [0.4, 0.5) is 5.82 Å². The van der Waals surface area contributed by atoms with Crippen LogP contribution in [0.2, 0.25) is 0 Å². The number of aromatic nitrogens is 5. The molecule has 182 valence electrons. The standard InChI is InChI=1S/C25H23N7O4/c1-34-19-4-2-3-18(14-19)32-25-23(28-29-32)24(26-15-27-25)31-11-9-30(10-12-31)22(33)8-6-17-5-7-20-21(13-17)36-16-35-20/h2-8,13-15H,9-12,16H2,1H3/b8-6-. The van der Waals surface area contributed by atoms with E-state index in [9.17, 15) is 4.79 Å². The second kappa shape index (κ2) is 9.17. The third-order valence-corrected chi connectivity index (χ3v) is 6.22. The van der Waals surface area contributed by atoms with Gasteiger partial charge in [-0.05, 0) is 35.9 Å². The highest BCUT2D eigenvalue weighted by atomic mass is 16.7. The first-order valence-electron chi connectivity index (χ1n) is 11.5. The highest BCUT2D eigenvalue weighted by molar-refractivity contribution is 5.92. The number of amides is 1. The molecule has 1 fully saturated rings. The predicted molar refractivity (Wildman–Crippen MR) is 131 cm³/mol. The highest BCUT2D eigenvalue weighted by Gasteiger charge is 2.24. The van der Waals surface area contributed by atoms with Crippen molar-refractivity contribution < 1.29 is 19.0 Å². The fourth-order valence-corrected chi connectivity index (χ4v) is 4.31. The molecule has 2 aliphatic heterocycles. The van der Waals surface area contributed by atoms with Crippen molar-refractivity contribution in [2.45, 2.75) is 0 Å². The summed E-state index contributed by atoms with van der Waals surface area (Å²) in [5, 5.41) is 8.67. The number of fused-ring (bicyclic) bond motifs is 2. The van der Waals surface area contributed by atoms with Crippen molar-refractivity contribution in [3.05, 3.63) is 60.4 Å². The van der Waals surface area contributed by atoms with Gasteiger partial charge in [0.15, 0.2) is 28.5 Å². The van der Waals surface area contributed by atoms with E-state index in [2.05, 4.69) is 25.2 Å². The second-order valence-electron chi connectivity index (χ2n) is 8.33. The van der Waals surface area contributed by atoms with Gasteiger partial charge in [0.1, 0.15) is 12.1 Å². The van der Waals surface area contributed by atoms with Crippen LogP contribution in [0.5, 0.6) is 17.2 Å². The molecular weight excluding hydrogens is 462 g/mol. The number of ether oxygens (including phenoxy) is 3. The Kier molecular flexibility index (Phi) is 5.56. The van der Waals surface area contributed by atoms with Crippen LogP contribution in [-0.2, 0) is 4.79 Å². The molecule has 2 aromatic heterocycles. The minimum atomic E-state index is -0.0379. The van der Waals surface area contributed by atoms with Gasteiger partial charge in [0, 0.05) is 38.3 Å². The molecule has 11 heteroatoms. The van der Waals surface area contributed by atoms with Gasteiger partial charge in [-0.2, -0.15) is 4.68 Å². The topological polar surface area (TPSA) is 108 Å². The second-order valence-corrected chi connectivity index (χ2v) is 8.33. The van der Waals surface area contributed by atoms with Crippen LogP contribution in [0.15, 0.2) is 54.9 Å². The summed E-state index contributed by atoms with van der Waals surface area (Å²) in [7, 11) is 1.62. The molecule has 36 heavy (non-hydrogen) atoms. The molecule has 0 bridgehead atoms. The van der Waals surface area contributed by atoms with Crippen molar-refractivity contribution in [2.24, 2.45) is 0 Å². The lowest BCUT2D eigenvalue weighted by Crippen LogP contribution is -2.48. The molecule has 0 spiro atoms. The molecule has 4 heterocycles. The van der Waals surface area contributed by atoms with Crippen molar-refractivity contribution in [3.63, 3.8) is 0 Å². The van der Waals surface area contributed by atoms with E-state index in [1.165, 1.54) is 6.33 Å². The summed E-state index contributed by atoms with van der Waals surface area (Å²) in [6.07, 6.45) is 4.90. The third-order valence-electron chi connectivity index (χ3n) is 6.22. The van der Waals surface area contributed by atoms with Gasteiger partial charge >= 0.3 is 0 Å². The Bertz CT molecular complexity index is 1460. The SMILES string of the molecule is COc1cccc(-n2nnc3c(N4CCN(C(=O)/C=C\c5ccc6c(c5)OCO6)CC4)ncnc32)c1. The van der Waals surface area contributed by atoms with Crippen LogP contribution in [-0.4, -0.2) is 75.9 Å². The third kappa shape index (κ3) is 4.04. The maximum absolute atomic E-state index is 12.8. The van der Waals surface area contributed by atoms with E-state index in [0.29, 0.717) is 48.9 Å². The van der Waals surface area contributed by atoms with E-state index in [0.717, 1.165) is 22.7 Å². The molecule has 0 radical (unpaired) electrons. The zero-order valence-electron chi connectivity index (χ0n) is 19.6. The minimum absolute atomic E-state index is 0.0379. The van der Waals surface area contributed by atoms with Crippen molar-refractivity contribution in [1.82, 2.24) is 29.9 Å². The molecule has 6 rings (SSSR count). The van der Waals surface area contributed by atoms with E-state index in [1.54, 1.807) is 23.9 Å². The Labute approximate surface area is 206 Å². The Morgan fingerprint density at radius 2 is 1.89 bits per heavy atom. The molecule has 1 amide bonds. The Morgan fingerprint density at radius 1 is 1.03 bits per heavy atom. The van der Waals surface area contributed by atoms with Gasteiger partial charge in [-0.15, -0.1) is 5.10 Å². The number of hydrogen-bond donors (Lipinski definition) is 0. The molecule has 4 aromatic rings. The highest BCUT2D eigenvalue weighted by Crippen LogP contribution is 2.33. The summed E-state index contributed by atoms with van der Waals surface area (Å²) in [6.45, 7) is 2.62. The van der Waals surface area contributed by atoms with E-state index >= 15 is 0 Å². The van der Waals surface area contributed by atoms with Crippen molar-refractivity contribution in [2.75, 3.05) is 45.0 Å². The smallest absolute Gasteiger partial charge is 0.246 e. The van der Waals surface area contributed by atoms with Gasteiger partial charge in [0.2, 0.25) is 12.7 Å². The Morgan fingerprint density at radius 3 is 2.75 bits per heavy atom. The maximum Gasteiger partial charge on any atom is 0.246 e. The molecule has 0 atom stereocenters. The zero-order valence-corrected chi connectivity index (χ0v) is 19.6. The van der Waals surface area contributed by atoms with Gasteiger partial charge < -0.3 is 24.0 Å². The fourth-order valence-electron chi connectivity index (χ4n) is 4.31. The van der Waals surface area contributed by atoms with Crippen LogP contribution < -0.4 is 19.1 Å². The number of carbonyl (C=O) groups excluding carboxylic acids is 1. The Hall–Kier alpha value is -4.67. The summed E-state index contributed by atoms with van der Waals surface area (Å²) in [6, 6.07) is 13.2. The summed E-state index contributed by atoms with van der Waals surface area (Å²) in [5.74, 6) is 2.80. The van der Waals surface area contributed by atoms with E-state index < -0.39 is 0 Å². The quantitative estimate of drug-likeness (QED) is 0.394. The molecule has 2 aromatic carbocycles. The van der Waals surface area contributed by atoms with Crippen LogP contribution in [0.3, 0.4) is 0 Å². The van der Waals surface area contributed by atoms with E-state index in [4.69, 9.17) is 14.2 Å². The fraction of sp³-hybridized carbons (Fsp3) is 0.240. The first kappa shape index (κ1) is 21.8. The Balaban J connectivity index is 1.15. The molecule has 0 N–H and O–H groups in total. The lowest BCUT2D eigenvalue weighted by Gasteiger charge is -2.34. The van der Waals surface area contributed by atoms with Crippen LogP contribution in [0.1, 0.15) is 5.56 Å². The number of methoxy groups -OCH3 is 1. The largest absolute Gasteiger partial charge is 0.497 e. The number of carbonyl (C=O) groups is 1. The lowest BCUT2D eigenvalue weighted by atomic mass is 10.2. The molecule has 0 saturated carbocycles. The number of nitrogens with zero attached hydrogens (tertiary/aromatic N) is 7. The first-order chi connectivity index (χ1) is 17.7. The summed E-state index contributed by atoms with van der Waals surface area (Å²) < 4.78 is 17.7. The van der Waals surface area contributed by atoms with Crippen LogP contribution in [0.25, 0.3) is 22.9 Å². The average Bonchev–Trinajstić information content (AvgIpc) is 3.58.